The zero-order valence-electron chi connectivity index (χ0n) is 12.2. The van der Waals surface area contributed by atoms with Crippen molar-refractivity contribution in [3.8, 4) is 11.8 Å². The third-order valence-electron chi connectivity index (χ3n) is 3.29. The minimum absolute atomic E-state index is 0.0292. The van der Waals surface area contributed by atoms with Gasteiger partial charge in [0.1, 0.15) is 11.8 Å². The van der Waals surface area contributed by atoms with Crippen molar-refractivity contribution >= 4 is 0 Å². The van der Waals surface area contributed by atoms with Gasteiger partial charge in [-0.15, -0.1) is 0 Å². The summed E-state index contributed by atoms with van der Waals surface area (Å²) in [6.07, 6.45) is 0.986. The zero-order valence-corrected chi connectivity index (χ0v) is 12.2. The third-order valence-corrected chi connectivity index (χ3v) is 3.29. The molecule has 1 aliphatic heterocycles. The fourth-order valence-corrected chi connectivity index (χ4v) is 2.23. The highest BCUT2D eigenvalue weighted by Gasteiger charge is 2.32. The van der Waals surface area contributed by atoms with Crippen molar-refractivity contribution in [1.82, 2.24) is 5.32 Å². The van der Waals surface area contributed by atoms with Gasteiger partial charge in [-0.1, -0.05) is 19.9 Å². The number of nitrogens with zero attached hydrogens (tertiary/aromatic N) is 1. The Labute approximate surface area is 123 Å². The first-order valence-corrected chi connectivity index (χ1v) is 6.98. The van der Waals surface area contributed by atoms with E-state index in [0.29, 0.717) is 31.5 Å². The van der Waals surface area contributed by atoms with E-state index in [1.165, 1.54) is 12.1 Å². The van der Waals surface area contributed by atoms with Crippen LogP contribution >= 0.6 is 0 Å². The van der Waals surface area contributed by atoms with Gasteiger partial charge in [0.25, 0.3) is 0 Å². The molecular weight excluding hydrogens is 278 g/mol. The summed E-state index contributed by atoms with van der Waals surface area (Å²) < 4.78 is 28.9. The highest BCUT2D eigenvalue weighted by Crippen LogP contribution is 2.34. The monoisotopic (exact) mass is 298 g/mol. The summed E-state index contributed by atoms with van der Waals surface area (Å²) in [5.74, 6) is -0.193. The second kappa shape index (κ2) is 7.91. The van der Waals surface area contributed by atoms with Gasteiger partial charge in [-0.05, 0) is 43.6 Å². The van der Waals surface area contributed by atoms with Crippen LogP contribution in [0.3, 0.4) is 0 Å². The molecule has 6 heteroatoms. The van der Waals surface area contributed by atoms with E-state index in [4.69, 9.17) is 5.26 Å². The summed E-state index contributed by atoms with van der Waals surface area (Å²) in [7, 11) is 0. The maximum Gasteiger partial charge on any atom is 0.387 e. The maximum absolute atomic E-state index is 12.3. The molecule has 4 nitrogen and oxygen atoms in total. The molecule has 116 valence electrons. The van der Waals surface area contributed by atoms with Crippen molar-refractivity contribution < 1.29 is 18.6 Å². The first kappa shape index (κ1) is 17.3. The predicted octanol–water partition coefficient (Wildman–Crippen LogP) is 2.76. The highest BCUT2D eigenvalue weighted by atomic mass is 19.3. The molecule has 0 bridgehead atoms. The number of piperidine rings is 1. The van der Waals surface area contributed by atoms with Crippen LogP contribution in [0.15, 0.2) is 18.2 Å². The van der Waals surface area contributed by atoms with Crippen molar-refractivity contribution in [3.05, 3.63) is 29.3 Å². The quantitative estimate of drug-likeness (QED) is 0.900. The molecule has 1 aliphatic rings. The Bertz CT molecular complexity index is 495. The molecule has 1 fully saturated rings. The van der Waals surface area contributed by atoms with Crippen molar-refractivity contribution in [2.45, 2.75) is 38.9 Å². The predicted molar refractivity (Wildman–Crippen MR) is 75.1 cm³/mol. The lowest BCUT2D eigenvalue weighted by atomic mass is 9.84. The number of alkyl halides is 2. The molecular formula is C15H20F2N2O2. The van der Waals surface area contributed by atoms with Crippen LogP contribution in [0.2, 0.25) is 0 Å². The summed E-state index contributed by atoms with van der Waals surface area (Å²) in [6, 6.07) is 6.10. The Balaban J connectivity index is 0.00000106. The average Bonchev–Trinajstić information content (AvgIpc) is 2.49. The van der Waals surface area contributed by atoms with Gasteiger partial charge < -0.3 is 15.2 Å². The van der Waals surface area contributed by atoms with Crippen LogP contribution in [0.25, 0.3) is 0 Å². The number of nitrogens with one attached hydrogen (secondary N) is 1. The molecule has 1 aromatic carbocycles. The van der Waals surface area contributed by atoms with Crippen LogP contribution in [-0.2, 0) is 5.60 Å². The SMILES string of the molecule is CC.N#Cc1ccc(C2(O)CCNCC2)cc1OC(F)F. The molecule has 0 saturated carbocycles. The van der Waals surface area contributed by atoms with Gasteiger partial charge in [0, 0.05) is 0 Å². The molecule has 1 saturated heterocycles. The molecule has 0 radical (unpaired) electrons. The van der Waals surface area contributed by atoms with Crippen molar-refractivity contribution in [2.24, 2.45) is 0 Å². The number of rotatable bonds is 3. The van der Waals surface area contributed by atoms with Crippen LogP contribution < -0.4 is 10.1 Å². The third kappa shape index (κ3) is 4.38. The molecule has 21 heavy (non-hydrogen) atoms. The van der Waals surface area contributed by atoms with Crippen LogP contribution in [0.4, 0.5) is 8.78 Å². The van der Waals surface area contributed by atoms with Gasteiger partial charge >= 0.3 is 6.61 Å². The lowest BCUT2D eigenvalue weighted by Crippen LogP contribution is -2.39. The van der Waals surface area contributed by atoms with Crippen LogP contribution in [-0.4, -0.2) is 24.8 Å². The molecule has 0 atom stereocenters. The zero-order chi connectivity index (χ0) is 15.9. The number of halogens is 2. The van der Waals surface area contributed by atoms with E-state index in [-0.39, 0.29) is 11.3 Å². The summed E-state index contributed by atoms with van der Waals surface area (Å²) in [5, 5.41) is 22.5. The normalized spacial score (nSPS) is 16.6. The van der Waals surface area contributed by atoms with E-state index in [0.717, 1.165) is 0 Å². The first-order valence-electron chi connectivity index (χ1n) is 6.98. The average molecular weight is 298 g/mol. The van der Waals surface area contributed by atoms with Crippen LogP contribution in [0, 0.1) is 11.3 Å². The second-order valence-electron chi connectivity index (χ2n) is 4.48. The topological polar surface area (TPSA) is 65.3 Å². The smallest absolute Gasteiger partial charge is 0.387 e. The van der Waals surface area contributed by atoms with Crippen molar-refractivity contribution in [1.29, 1.82) is 5.26 Å². The number of aliphatic hydroxyl groups is 1. The summed E-state index contributed by atoms with van der Waals surface area (Å²) in [4.78, 5) is 0. The van der Waals surface area contributed by atoms with Crippen molar-refractivity contribution in [3.63, 3.8) is 0 Å². The number of hydrogen-bond acceptors (Lipinski definition) is 4. The van der Waals surface area contributed by atoms with E-state index in [9.17, 15) is 13.9 Å². The number of ether oxygens (including phenoxy) is 1. The van der Waals surface area contributed by atoms with Crippen molar-refractivity contribution in [2.75, 3.05) is 13.1 Å². The summed E-state index contributed by atoms with van der Waals surface area (Å²) >= 11 is 0. The molecule has 1 heterocycles. The minimum Gasteiger partial charge on any atom is -0.433 e. The fraction of sp³-hybridized carbons (Fsp3) is 0.533. The standard InChI is InChI=1S/C13H14F2N2O2.C2H6/c14-12(15)19-11-7-10(2-1-9(11)8-16)13(18)3-5-17-6-4-13;1-2/h1-2,7,12,17-18H,3-6H2;1-2H3. The molecule has 1 aromatic rings. The first-order chi connectivity index (χ1) is 10.0. The number of nitriles is 1. The van der Waals surface area contributed by atoms with Crippen LogP contribution in [0.1, 0.15) is 37.8 Å². The minimum atomic E-state index is -3.00. The number of benzene rings is 1. The van der Waals surface area contributed by atoms with E-state index in [1.807, 2.05) is 13.8 Å². The molecule has 2 rings (SSSR count). The Hall–Kier alpha value is -1.71. The van der Waals surface area contributed by atoms with Gasteiger partial charge in [-0.25, -0.2) is 0 Å². The Kier molecular flexibility index (Phi) is 6.53. The summed E-state index contributed by atoms with van der Waals surface area (Å²) in [6.45, 7) is 2.31. The molecule has 0 spiro atoms. The molecule has 0 aromatic heterocycles. The van der Waals surface area contributed by atoms with Gasteiger partial charge in [0.05, 0.1) is 11.2 Å². The maximum atomic E-state index is 12.3. The molecule has 0 aliphatic carbocycles. The molecule has 0 amide bonds. The second-order valence-corrected chi connectivity index (χ2v) is 4.48. The Morgan fingerprint density at radius 2 is 1.95 bits per heavy atom. The van der Waals surface area contributed by atoms with Crippen LogP contribution in [0.5, 0.6) is 5.75 Å². The molecule has 0 unspecified atom stereocenters. The van der Waals surface area contributed by atoms with Gasteiger partial charge in [-0.3, -0.25) is 0 Å². The van der Waals surface area contributed by atoms with Gasteiger partial charge in [0.15, 0.2) is 0 Å². The number of hydrogen-bond donors (Lipinski definition) is 2. The molecule has 2 N–H and O–H groups in total. The Morgan fingerprint density at radius 3 is 2.48 bits per heavy atom. The lowest BCUT2D eigenvalue weighted by Gasteiger charge is -2.33. The Morgan fingerprint density at radius 1 is 1.33 bits per heavy atom. The van der Waals surface area contributed by atoms with Gasteiger partial charge in [0.2, 0.25) is 0 Å². The fourth-order valence-electron chi connectivity index (χ4n) is 2.23. The van der Waals surface area contributed by atoms with E-state index < -0.39 is 12.2 Å². The lowest BCUT2D eigenvalue weighted by molar-refractivity contribution is -0.0507. The summed E-state index contributed by atoms with van der Waals surface area (Å²) in [5.41, 5.74) is -0.523. The van der Waals surface area contributed by atoms with E-state index in [1.54, 1.807) is 12.1 Å². The van der Waals surface area contributed by atoms with Gasteiger partial charge in [-0.2, -0.15) is 14.0 Å². The largest absolute Gasteiger partial charge is 0.433 e. The highest BCUT2D eigenvalue weighted by molar-refractivity contribution is 5.46. The van der Waals surface area contributed by atoms with E-state index >= 15 is 0 Å². The van der Waals surface area contributed by atoms with E-state index in [2.05, 4.69) is 10.1 Å².